The van der Waals surface area contributed by atoms with E-state index in [0.29, 0.717) is 12.2 Å². The molecule has 0 unspecified atom stereocenters. The first-order chi connectivity index (χ1) is 9.26. The standard InChI is InChI=1S/C14H19N3O2/c1-19-14-3-2-11(10-13(14)18)12(4-5-15)17-8-6-16-7-9-17/h2-3,10,12,16,18H,4,6-9H2,1H3/t12-/m1/s1. The Labute approximate surface area is 113 Å². The van der Waals surface area contributed by atoms with Crippen LogP contribution in [0.4, 0.5) is 0 Å². The first-order valence-electron chi connectivity index (χ1n) is 6.45. The van der Waals surface area contributed by atoms with Gasteiger partial charge in [0.25, 0.3) is 0 Å². The van der Waals surface area contributed by atoms with Crippen LogP contribution < -0.4 is 10.1 Å². The number of methoxy groups -OCH3 is 1. The summed E-state index contributed by atoms with van der Waals surface area (Å²) in [6, 6.07) is 7.63. The lowest BCUT2D eigenvalue weighted by molar-refractivity contribution is 0.175. The molecule has 1 fully saturated rings. The number of aromatic hydroxyl groups is 1. The number of nitrogens with one attached hydrogen (secondary N) is 1. The summed E-state index contributed by atoms with van der Waals surface area (Å²) in [6.07, 6.45) is 0.422. The van der Waals surface area contributed by atoms with Crippen molar-refractivity contribution in [2.45, 2.75) is 12.5 Å². The van der Waals surface area contributed by atoms with Gasteiger partial charge in [-0.15, -0.1) is 0 Å². The summed E-state index contributed by atoms with van der Waals surface area (Å²) >= 11 is 0. The third kappa shape index (κ3) is 3.16. The summed E-state index contributed by atoms with van der Waals surface area (Å²) in [5.41, 5.74) is 0.960. The molecule has 0 radical (unpaired) electrons. The van der Waals surface area contributed by atoms with Gasteiger partial charge in [-0.25, -0.2) is 0 Å². The van der Waals surface area contributed by atoms with Gasteiger partial charge in [0.15, 0.2) is 11.5 Å². The van der Waals surface area contributed by atoms with Gasteiger partial charge in [0.2, 0.25) is 0 Å². The van der Waals surface area contributed by atoms with Gasteiger partial charge in [-0.3, -0.25) is 4.90 Å². The minimum atomic E-state index is 0.0314. The van der Waals surface area contributed by atoms with E-state index in [9.17, 15) is 5.11 Å². The molecule has 1 saturated heterocycles. The van der Waals surface area contributed by atoms with Gasteiger partial charge in [0, 0.05) is 32.2 Å². The Balaban J connectivity index is 2.23. The van der Waals surface area contributed by atoms with Crippen LogP contribution in [0.25, 0.3) is 0 Å². The van der Waals surface area contributed by atoms with E-state index >= 15 is 0 Å². The summed E-state index contributed by atoms with van der Waals surface area (Å²) in [5.74, 6) is 0.581. The highest BCUT2D eigenvalue weighted by molar-refractivity contribution is 5.42. The highest BCUT2D eigenvalue weighted by Gasteiger charge is 2.22. The van der Waals surface area contributed by atoms with Crippen molar-refractivity contribution in [1.82, 2.24) is 10.2 Å². The molecule has 2 N–H and O–H groups in total. The predicted molar refractivity (Wildman–Crippen MR) is 72.1 cm³/mol. The molecule has 1 aliphatic rings. The largest absolute Gasteiger partial charge is 0.504 e. The van der Waals surface area contributed by atoms with E-state index in [1.807, 2.05) is 6.07 Å². The quantitative estimate of drug-likeness (QED) is 0.854. The molecule has 1 aromatic rings. The zero-order valence-electron chi connectivity index (χ0n) is 11.1. The Morgan fingerprint density at radius 2 is 2.21 bits per heavy atom. The summed E-state index contributed by atoms with van der Waals surface area (Å²) in [7, 11) is 1.53. The Bertz CT molecular complexity index is 464. The number of ether oxygens (including phenoxy) is 1. The average molecular weight is 261 g/mol. The van der Waals surface area contributed by atoms with Crippen molar-refractivity contribution in [2.75, 3.05) is 33.3 Å². The Kier molecular flexibility index (Phi) is 4.61. The molecule has 0 amide bonds. The van der Waals surface area contributed by atoms with Crippen molar-refractivity contribution in [3.63, 3.8) is 0 Å². The molecular formula is C14H19N3O2. The van der Waals surface area contributed by atoms with Gasteiger partial charge in [0.05, 0.1) is 19.6 Å². The number of hydrogen-bond donors (Lipinski definition) is 2. The van der Waals surface area contributed by atoms with E-state index in [0.717, 1.165) is 31.7 Å². The normalized spacial score (nSPS) is 17.7. The lowest BCUT2D eigenvalue weighted by atomic mass is 10.0. The molecule has 1 aliphatic heterocycles. The Hall–Kier alpha value is -1.77. The fourth-order valence-electron chi connectivity index (χ4n) is 2.45. The maximum Gasteiger partial charge on any atom is 0.160 e. The third-order valence-electron chi connectivity index (χ3n) is 3.46. The first-order valence-corrected chi connectivity index (χ1v) is 6.45. The number of hydrogen-bond acceptors (Lipinski definition) is 5. The van der Waals surface area contributed by atoms with E-state index in [4.69, 9.17) is 10.00 Å². The summed E-state index contributed by atoms with van der Waals surface area (Å²) < 4.78 is 5.05. The maximum atomic E-state index is 9.87. The van der Waals surface area contributed by atoms with Crippen molar-refractivity contribution >= 4 is 0 Å². The maximum absolute atomic E-state index is 9.87. The number of benzene rings is 1. The van der Waals surface area contributed by atoms with E-state index in [1.165, 1.54) is 7.11 Å². The second-order valence-corrected chi connectivity index (χ2v) is 4.60. The first kappa shape index (κ1) is 13.7. The van der Waals surface area contributed by atoms with E-state index in [1.54, 1.807) is 12.1 Å². The van der Waals surface area contributed by atoms with Crippen LogP contribution in [0.3, 0.4) is 0 Å². The summed E-state index contributed by atoms with van der Waals surface area (Å²) in [5, 5.41) is 22.2. The van der Waals surface area contributed by atoms with Gasteiger partial charge >= 0.3 is 0 Å². The Morgan fingerprint density at radius 1 is 1.47 bits per heavy atom. The molecule has 1 aromatic carbocycles. The highest BCUT2D eigenvalue weighted by Crippen LogP contribution is 2.32. The Morgan fingerprint density at radius 3 is 2.79 bits per heavy atom. The molecule has 0 aromatic heterocycles. The van der Waals surface area contributed by atoms with E-state index in [-0.39, 0.29) is 11.8 Å². The molecule has 1 atom stereocenters. The topological polar surface area (TPSA) is 68.5 Å². The zero-order valence-corrected chi connectivity index (χ0v) is 11.1. The van der Waals surface area contributed by atoms with Crippen LogP contribution in [0.1, 0.15) is 18.0 Å². The van der Waals surface area contributed by atoms with Crippen molar-refractivity contribution in [2.24, 2.45) is 0 Å². The number of phenols is 1. The average Bonchev–Trinajstić information content (AvgIpc) is 2.45. The number of phenolic OH excluding ortho intramolecular Hbond substituents is 1. The van der Waals surface area contributed by atoms with Crippen molar-refractivity contribution in [3.8, 4) is 17.6 Å². The second kappa shape index (κ2) is 6.41. The van der Waals surface area contributed by atoms with Crippen molar-refractivity contribution in [3.05, 3.63) is 23.8 Å². The molecule has 2 rings (SSSR count). The summed E-state index contributed by atoms with van der Waals surface area (Å²) in [6.45, 7) is 3.70. The highest BCUT2D eigenvalue weighted by atomic mass is 16.5. The van der Waals surface area contributed by atoms with Crippen LogP contribution in [-0.2, 0) is 0 Å². The van der Waals surface area contributed by atoms with Crippen molar-refractivity contribution in [1.29, 1.82) is 5.26 Å². The monoisotopic (exact) mass is 261 g/mol. The number of nitriles is 1. The minimum Gasteiger partial charge on any atom is -0.504 e. The van der Waals surface area contributed by atoms with Crippen LogP contribution in [0.2, 0.25) is 0 Å². The van der Waals surface area contributed by atoms with Gasteiger partial charge in [-0.1, -0.05) is 6.07 Å². The molecule has 19 heavy (non-hydrogen) atoms. The van der Waals surface area contributed by atoms with Crippen LogP contribution in [0.15, 0.2) is 18.2 Å². The predicted octanol–water partition coefficient (Wildman–Crippen LogP) is 1.26. The SMILES string of the molecule is COc1ccc([C@@H](CC#N)N2CCNCC2)cc1O. The lowest BCUT2D eigenvalue weighted by Gasteiger charge is -2.34. The van der Waals surface area contributed by atoms with Gasteiger partial charge < -0.3 is 15.2 Å². The smallest absolute Gasteiger partial charge is 0.160 e. The number of nitrogens with zero attached hydrogens (tertiary/aromatic N) is 2. The zero-order chi connectivity index (χ0) is 13.7. The fourth-order valence-corrected chi connectivity index (χ4v) is 2.45. The molecular weight excluding hydrogens is 242 g/mol. The van der Waals surface area contributed by atoms with E-state index < -0.39 is 0 Å². The van der Waals surface area contributed by atoms with Crippen LogP contribution in [0, 0.1) is 11.3 Å². The molecule has 1 heterocycles. The van der Waals surface area contributed by atoms with Gasteiger partial charge in [-0.05, 0) is 17.7 Å². The molecule has 102 valence electrons. The summed E-state index contributed by atoms with van der Waals surface area (Å²) in [4.78, 5) is 2.28. The lowest BCUT2D eigenvalue weighted by Crippen LogP contribution is -2.45. The molecule has 0 aliphatic carbocycles. The molecule has 0 bridgehead atoms. The second-order valence-electron chi connectivity index (χ2n) is 4.60. The molecule has 5 nitrogen and oxygen atoms in total. The third-order valence-corrected chi connectivity index (χ3v) is 3.46. The minimum absolute atomic E-state index is 0.0314. The van der Waals surface area contributed by atoms with Crippen LogP contribution >= 0.6 is 0 Å². The van der Waals surface area contributed by atoms with Crippen LogP contribution in [-0.4, -0.2) is 43.3 Å². The van der Waals surface area contributed by atoms with Gasteiger partial charge in [-0.2, -0.15) is 5.26 Å². The molecule has 0 saturated carbocycles. The number of rotatable bonds is 4. The van der Waals surface area contributed by atoms with Crippen molar-refractivity contribution < 1.29 is 9.84 Å². The number of piperazine rings is 1. The van der Waals surface area contributed by atoms with Crippen LogP contribution in [0.5, 0.6) is 11.5 Å². The van der Waals surface area contributed by atoms with Gasteiger partial charge in [0.1, 0.15) is 0 Å². The molecule has 0 spiro atoms. The van der Waals surface area contributed by atoms with E-state index in [2.05, 4.69) is 16.3 Å². The fraction of sp³-hybridized carbons (Fsp3) is 0.500. The molecule has 5 heteroatoms.